The monoisotopic (exact) mass is 368 g/mol. The Morgan fingerprint density at radius 3 is 1.21 bits per heavy atom. The lowest BCUT2D eigenvalue weighted by Crippen LogP contribution is -1.92. The van der Waals surface area contributed by atoms with Crippen LogP contribution in [0.25, 0.3) is 54.2 Å². The van der Waals surface area contributed by atoms with Gasteiger partial charge in [-0.05, 0) is 72.8 Å². The second kappa shape index (κ2) is 6.18. The molecule has 29 heavy (non-hydrogen) atoms. The Kier molecular flexibility index (Phi) is 3.48. The van der Waals surface area contributed by atoms with E-state index in [4.69, 9.17) is 0 Å². The van der Waals surface area contributed by atoms with Gasteiger partial charge in [-0.3, -0.25) is 0 Å². The summed E-state index contributed by atoms with van der Waals surface area (Å²) < 4.78 is 0. The number of fused-ring (bicyclic) bond motifs is 4. The summed E-state index contributed by atoms with van der Waals surface area (Å²) >= 11 is 0. The zero-order valence-electron chi connectivity index (χ0n) is 16.3. The first-order valence-corrected chi connectivity index (χ1v) is 10.1. The van der Waals surface area contributed by atoms with Gasteiger partial charge in [0.2, 0.25) is 0 Å². The lowest BCUT2D eigenvalue weighted by atomic mass is 9.84. The highest BCUT2D eigenvalue weighted by Crippen LogP contribution is 2.44. The third kappa shape index (κ3) is 2.33. The van der Waals surface area contributed by atoms with Crippen LogP contribution in [0.1, 0.15) is 5.56 Å². The highest BCUT2D eigenvalue weighted by atomic mass is 14.2. The highest BCUT2D eigenvalue weighted by Gasteiger charge is 2.17. The summed E-state index contributed by atoms with van der Waals surface area (Å²) in [5.74, 6) is 0. The molecule has 0 aliphatic rings. The van der Waals surface area contributed by atoms with Crippen molar-refractivity contribution < 1.29 is 0 Å². The van der Waals surface area contributed by atoms with Crippen LogP contribution in [-0.4, -0.2) is 0 Å². The molecular formula is C29H20. The minimum atomic E-state index is 1.29. The van der Waals surface area contributed by atoms with E-state index in [1.54, 1.807) is 0 Å². The van der Waals surface area contributed by atoms with E-state index in [0.29, 0.717) is 0 Å². The van der Waals surface area contributed by atoms with E-state index in [0.717, 1.165) is 0 Å². The van der Waals surface area contributed by atoms with Crippen molar-refractivity contribution in [2.75, 3.05) is 0 Å². The molecule has 0 aliphatic carbocycles. The van der Waals surface area contributed by atoms with Crippen LogP contribution < -0.4 is 0 Å². The van der Waals surface area contributed by atoms with E-state index in [2.05, 4.69) is 110 Å². The molecule has 6 aromatic carbocycles. The molecule has 0 fully saturated rings. The average molecular weight is 368 g/mol. The van der Waals surface area contributed by atoms with E-state index >= 15 is 0 Å². The maximum atomic E-state index is 2.31. The summed E-state index contributed by atoms with van der Waals surface area (Å²) in [5, 5.41) is 10.5. The van der Waals surface area contributed by atoms with Gasteiger partial charge in [0.05, 0.1) is 0 Å². The van der Waals surface area contributed by atoms with Gasteiger partial charge in [0.1, 0.15) is 0 Å². The molecule has 0 spiro atoms. The average Bonchev–Trinajstić information content (AvgIpc) is 2.79. The van der Waals surface area contributed by atoms with Crippen LogP contribution in [0.5, 0.6) is 0 Å². The second-order valence-electron chi connectivity index (χ2n) is 7.79. The Bertz CT molecular complexity index is 1440. The molecule has 136 valence electrons. The molecule has 0 bridgehead atoms. The molecule has 0 N–H and O–H groups in total. The normalized spacial score (nSPS) is 11.6. The molecule has 6 rings (SSSR count). The predicted octanol–water partition coefficient (Wildman–Crippen LogP) is 8.27. The van der Waals surface area contributed by atoms with Gasteiger partial charge in [0.15, 0.2) is 0 Å². The van der Waals surface area contributed by atoms with Gasteiger partial charge < -0.3 is 0 Å². The number of hydrogen-bond donors (Lipinski definition) is 0. The molecule has 0 nitrogen and oxygen atoms in total. The van der Waals surface area contributed by atoms with Crippen molar-refractivity contribution in [3.8, 4) is 11.1 Å². The van der Waals surface area contributed by atoms with Gasteiger partial charge in [-0.15, -0.1) is 0 Å². The fourth-order valence-corrected chi connectivity index (χ4v) is 4.90. The minimum absolute atomic E-state index is 1.29. The summed E-state index contributed by atoms with van der Waals surface area (Å²) in [6, 6.07) is 37.5. The molecule has 0 amide bonds. The number of aryl methyl sites for hydroxylation is 1. The highest BCUT2D eigenvalue weighted by molar-refractivity contribution is 6.24. The summed E-state index contributed by atoms with van der Waals surface area (Å²) in [4.78, 5) is 0. The number of benzene rings is 6. The van der Waals surface area contributed by atoms with Crippen LogP contribution in [-0.2, 0) is 0 Å². The lowest BCUT2D eigenvalue weighted by molar-refractivity contribution is 1.58. The summed E-state index contributed by atoms with van der Waals surface area (Å²) in [6.45, 7) is 2.25. The Labute approximate surface area is 170 Å². The quantitative estimate of drug-likeness (QED) is 0.256. The van der Waals surface area contributed by atoms with Gasteiger partial charge in [-0.25, -0.2) is 0 Å². The van der Waals surface area contributed by atoms with E-state index in [-0.39, 0.29) is 0 Å². The molecular weight excluding hydrogens is 348 g/mol. The van der Waals surface area contributed by atoms with Crippen LogP contribution in [0, 0.1) is 6.92 Å². The van der Waals surface area contributed by atoms with Crippen molar-refractivity contribution in [3.05, 3.63) is 109 Å². The standard InChI is InChI=1S/C29H20/c1-19-22-12-6-8-16-26(22)29(27-17-9-7-13-23(19)27)28-24-14-4-2-10-20(24)18-21-11-3-5-15-25(21)28/h2-18H,1H3. The molecule has 0 aliphatic heterocycles. The molecule has 0 saturated carbocycles. The van der Waals surface area contributed by atoms with Gasteiger partial charge >= 0.3 is 0 Å². The predicted molar refractivity (Wildman–Crippen MR) is 127 cm³/mol. The van der Waals surface area contributed by atoms with E-state index in [9.17, 15) is 0 Å². The molecule has 0 heterocycles. The van der Waals surface area contributed by atoms with Gasteiger partial charge in [-0.2, -0.15) is 0 Å². The Hall–Kier alpha value is -3.64. The molecule has 0 atom stereocenters. The van der Waals surface area contributed by atoms with Crippen LogP contribution in [0.15, 0.2) is 103 Å². The van der Waals surface area contributed by atoms with E-state index in [1.165, 1.54) is 59.8 Å². The molecule has 0 radical (unpaired) electrons. The summed E-state index contributed by atoms with van der Waals surface area (Å²) in [6.07, 6.45) is 0. The van der Waals surface area contributed by atoms with E-state index in [1.807, 2.05) is 0 Å². The number of hydrogen-bond acceptors (Lipinski definition) is 0. The first-order chi connectivity index (χ1) is 14.3. The van der Waals surface area contributed by atoms with Crippen LogP contribution >= 0.6 is 0 Å². The van der Waals surface area contributed by atoms with Gasteiger partial charge in [0.25, 0.3) is 0 Å². The maximum absolute atomic E-state index is 2.31. The van der Waals surface area contributed by atoms with Crippen LogP contribution in [0.2, 0.25) is 0 Å². The van der Waals surface area contributed by atoms with Crippen LogP contribution in [0.4, 0.5) is 0 Å². The molecule has 0 saturated heterocycles. The zero-order valence-corrected chi connectivity index (χ0v) is 16.3. The topological polar surface area (TPSA) is 0 Å². The second-order valence-corrected chi connectivity index (χ2v) is 7.79. The van der Waals surface area contributed by atoms with Crippen molar-refractivity contribution in [1.29, 1.82) is 0 Å². The summed E-state index contributed by atoms with van der Waals surface area (Å²) in [5.41, 5.74) is 4.03. The van der Waals surface area contributed by atoms with Crippen molar-refractivity contribution in [1.82, 2.24) is 0 Å². The Balaban J connectivity index is 1.96. The molecule has 6 aromatic rings. The SMILES string of the molecule is Cc1c2ccccc2c(-c2c3ccccc3cc3ccccc23)c2ccccc12. The number of rotatable bonds is 1. The first-order valence-electron chi connectivity index (χ1n) is 10.1. The van der Waals surface area contributed by atoms with Crippen LogP contribution in [0.3, 0.4) is 0 Å². The fourth-order valence-electron chi connectivity index (χ4n) is 4.90. The third-order valence-corrected chi connectivity index (χ3v) is 6.22. The largest absolute Gasteiger partial charge is 0.0616 e. The summed E-state index contributed by atoms with van der Waals surface area (Å²) in [7, 11) is 0. The van der Waals surface area contributed by atoms with Crippen molar-refractivity contribution >= 4 is 43.1 Å². The van der Waals surface area contributed by atoms with Crippen molar-refractivity contribution in [2.24, 2.45) is 0 Å². The van der Waals surface area contributed by atoms with Gasteiger partial charge in [0, 0.05) is 0 Å². The smallest absolute Gasteiger partial charge is 0.00141 e. The third-order valence-electron chi connectivity index (χ3n) is 6.22. The first kappa shape index (κ1) is 16.3. The lowest BCUT2D eigenvalue weighted by Gasteiger charge is -2.18. The fraction of sp³-hybridized carbons (Fsp3) is 0.0345. The molecule has 0 aromatic heterocycles. The Morgan fingerprint density at radius 2 is 0.724 bits per heavy atom. The molecule has 0 unspecified atom stereocenters. The van der Waals surface area contributed by atoms with Crippen molar-refractivity contribution in [3.63, 3.8) is 0 Å². The maximum Gasteiger partial charge on any atom is -0.00141 e. The van der Waals surface area contributed by atoms with Gasteiger partial charge in [-0.1, -0.05) is 97.1 Å². The Morgan fingerprint density at radius 1 is 0.379 bits per heavy atom. The van der Waals surface area contributed by atoms with E-state index < -0.39 is 0 Å². The molecule has 0 heteroatoms. The zero-order chi connectivity index (χ0) is 19.4. The van der Waals surface area contributed by atoms with Crippen molar-refractivity contribution in [2.45, 2.75) is 6.92 Å². The minimum Gasteiger partial charge on any atom is -0.0616 e.